The second-order valence-corrected chi connectivity index (χ2v) is 10.9. The van der Waals surface area contributed by atoms with Gasteiger partial charge < -0.3 is 23.7 Å². The number of carbonyl (C=O) groups excluding carboxylic acids is 3. The molecule has 2 aliphatic rings. The van der Waals surface area contributed by atoms with E-state index < -0.39 is 0 Å². The molecule has 0 N–H and O–H groups in total. The minimum absolute atomic E-state index is 0.245. The fourth-order valence-electron chi connectivity index (χ4n) is 4.86. The minimum atomic E-state index is -0.380. The molecule has 8 nitrogen and oxygen atoms in total. The summed E-state index contributed by atoms with van der Waals surface area (Å²) < 4.78 is 26.7. The molecule has 0 amide bonds. The second kappa shape index (κ2) is 17.4. The van der Waals surface area contributed by atoms with Crippen molar-refractivity contribution in [2.75, 3.05) is 19.8 Å². The normalized spacial score (nSPS) is 14.0. The maximum absolute atomic E-state index is 12.8. The summed E-state index contributed by atoms with van der Waals surface area (Å²) in [6.07, 6.45) is 14.0. The van der Waals surface area contributed by atoms with Crippen molar-refractivity contribution in [3.8, 4) is 17.2 Å². The van der Waals surface area contributed by atoms with E-state index in [0.717, 1.165) is 36.8 Å². The second-order valence-electron chi connectivity index (χ2n) is 10.9. The molecule has 0 saturated carbocycles. The molecule has 0 saturated heterocycles. The molecule has 2 aliphatic carbocycles. The highest BCUT2D eigenvalue weighted by atomic mass is 16.5. The molecule has 46 heavy (non-hydrogen) atoms. The lowest BCUT2D eigenvalue weighted by Gasteiger charge is -2.20. The first kappa shape index (κ1) is 33.8. The molecule has 0 bridgehead atoms. The topological polar surface area (TPSA) is 97.4 Å². The predicted molar refractivity (Wildman–Crippen MR) is 176 cm³/mol. The Morgan fingerprint density at radius 1 is 0.717 bits per heavy atom. The lowest BCUT2D eigenvalue weighted by atomic mass is 9.86. The van der Waals surface area contributed by atoms with Crippen LogP contribution in [-0.4, -0.2) is 37.7 Å². The van der Waals surface area contributed by atoms with E-state index in [0.29, 0.717) is 61.7 Å². The van der Waals surface area contributed by atoms with Crippen molar-refractivity contribution < 1.29 is 38.1 Å². The summed E-state index contributed by atoms with van der Waals surface area (Å²) in [7, 11) is 0. The maximum atomic E-state index is 12.8. The van der Waals surface area contributed by atoms with Gasteiger partial charge in [0, 0.05) is 24.0 Å². The molecule has 2 aromatic rings. The van der Waals surface area contributed by atoms with Gasteiger partial charge in [0.15, 0.2) is 0 Å². The Morgan fingerprint density at radius 2 is 1.28 bits per heavy atom. The summed E-state index contributed by atoms with van der Waals surface area (Å²) in [4.78, 5) is 35.5. The van der Waals surface area contributed by atoms with Gasteiger partial charge in [-0.25, -0.2) is 9.59 Å². The van der Waals surface area contributed by atoms with Gasteiger partial charge in [0.1, 0.15) is 17.2 Å². The van der Waals surface area contributed by atoms with Crippen LogP contribution in [-0.2, 0) is 23.9 Å². The van der Waals surface area contributed by atoms with E-state index in [1.807, 2.05) is 24.3 Å². The van der Waals surface area contributed by atoms with Crippen molar-refractivity contribution in [2.24, 2.45) is 0 Å². The average molecular weight is 625 g/mol. The van der Waals surface area contributed by atoms with Crippen molar-refractivity contribution in [2.45, 2.75) is 51.9 Å². The van der Waals surface area contributed by atoms with E-state index in [1.54, 1.807) is 31.2 Å². The zero-order chi connectivity index (χ0) is 32.7. The molecule has 240 valence electrons. The van der Waals surface area contributed by atoms with Crippen LogP contribution < -0.4 is 14.2 Å². The quantitative estimate of drug-likeness (QED) is 0.0614. The Hall–Kier alpha value is -5.11. The van der Waals surface area contributed by atoms with Gasteiger partial charge in [-0.15, -0.1) is 0 Å². The van der Waals surface area contributed by atoms with Gasteiger partial charge in [-0.3, -0.25) is 4.79 Å². The van der Waals surface area contributed by atoms with Gasteiger partial charge in [-0.05, 0) is 97.7 Å². The Labute approximate surface area is 270 Å². The van der Waals surface area contributed by atoms with E-state index in [-0.39, 0.29) is 24.3 Å². The van der Waals surface area contributed by atoms with Crippen molar-refractivity contribution in [3.05, 3.63) is 120 Å². The lowest BCUT2D eigenvalue weighted by Crippen LogP contribution is -2.13. The highest BCUT2D eigenvalue weighted by Gasteiger charge is 2.19. The van der Waals surface area contributed by atoms with E-state index in [1.165, 1.54) is 16.7 Å². The van der Waals surface area contributed by atoms with Crippen LogP contribution >= 0.6 is 0 Å². The Bertz CT molecular complexity index is 1540. The van der Waals surface area contributed by atoms with Crippen molar-refractivity contribution in [3.63, 3.8) is 0 Å². The monoisotopic (exact) mass is 624 g/mol. The SMILES string of the molecule is C=COC(=O)CCCOc1ccc(OC(=O)C2=CC=C(C3=CC=C(c4ccc(OCCCOC(=O)C(=C)C)cc4)CC3)CC2)cc1. The van der Waals surface area contributed by atoms with Gasteiger partial charge in [0.05, 0.1) is 26.1 Å². The summed E-state index contributed by atoms with van der Waals surface area (Å²) in [5.41, 5.74) is 5.98. The largest absolute Gasteiger partial charge is 0.494 e. The van der Waals surface area contributed by atoms with Crippen LogP contribution in [0.5, 0.6) is 17.2 Å². The van der Waals surface area contributed by atoms with Crippen LogP contribution in [0, 0.1) is 0 Å². The third-order valence-corrected chi connectivity index (χ3v) is 7.38. The van der Waals surface area contributed by atoms with Crippen molar-refractivity contribution in [1.29, 1.82) is 0 Å². The number of allylic oxidation sites excluding steroid dienone is 7. The number of rotatable bonds is 16. The van der Waals surface area contributed by atoms with Crippen LogP contribution in [0.15, 0.2) is 115 Å². The van der Waals surface area contributed by atoms with Crippen LogP contribution in [0.25, 0.3) is 5.57 Å². The van der Waals surface area contributed by atoms with Gasteiger partial charge in [0.25, 0.3) is 0 Å². The fourth-order valence-corrected chi connectivity index (χ4v) is 4.86. The molecule has 0 atom stereocenters. The molecule has 0 aromatic heterocycles. The number of carbonyl (C=O) groups is 3. The zero-order valence-electron chi connectivity index (χ0n) is 26.3. The molecule has 2 aromatic carbocycles. The minimum Gasteiger partial charge on any atom is -0.494 e. The summed E-state index contributed by atoms with van der Waals surface area (Å²) in [5, 5.41) is 0. The first-order chi connectivity index (χ1) is 22.3. The van der Waals surface area contributed by atoms with Crippen LogP contribution in [0.4, 0.5) is 0 Å². The number of esters is 3. The standard InChI is InChI=1S/C38H40O8/c1-4-42-36(39)7-5-24-43-34-20-22-35(23-21-34)46-38(41)32-14-12-30(13-15-32)28-8-10-29(11-9-28)31-16-18-33(19-17-31)44-25-6-26-45-37(40)27(2)3/h4,8,10,12,14,16-23H,1-2,5-7,9,11,13,15,24-26H2,3H3. The lowest BCUT2D eigenvalue weighted by molar-refractivity contribution is -0.139. The maximum Gasteiger partial charge on any atom is 0.339 e. The zero-order valence-corrected chi connectivity index (χ0v) is 26.3. The third-order valence-electron chi connectivity index (χ3n) is 7.38. The predicted octanol–water partition coefficient (Wildman–Crippen LogP) is 7.78. The first-order valence-electron chi connectivity index (χ1n) is 15.4. The smallest absolute Gasteiger partial charge is 0.339 e. The molecule has 0 aliphatic heterocycles. The van der Waals surface area contributed by atoms with E-state index in [2.05, 4.69) is 42.2 Å². The van der Waals surface area contributed by atoms with Crippen LogP contribution in [0.2, 0.25) is 0 Å². The number of ether oxygens (including phenoxy) is 5. The molecular formula is C38H40O8. The number of hydrogen-bond donors (Lipinski definition) is 0. The number of benzene rings is 2. The summed E-state index contributed by atoms with van der Waals surface area (Å²) >= 11 is 0. The Morgan fingerprint density at radius 3 is 1.87 bits per heavy atom. The molecule has 0 fully saturated rings. The fraction of sp³-hybridized carbons (Fsp3) is 0.289. The molecule has 8 heteroatoms. The van der Waals surface area contributed by atoms with Gasteiger partial charge >= 0.3 is 17.9 Å². The van der Waals surface area contributed by atoms with E-state index in [4.69, 9.17) is 18.9 Å². The molecule has 4 rings (SSSR count). The van der Waals surface area contributed by atoms with Gasteiger partial charge in [-0.1, -0.05) is 49.6 Å². The molecule has 0 radical (unpaired) electrons. The van der Waals surface area contributed by atoms with Gasteiger partial charge in [0.2, 0.25) is 0 Å². The van der Waals surface area contributed by atoms with Crippen LogP contribution in [0.1, 0.15) is 57.4 Å². The van der Waals surface area contributed by atoms with Crippen LogP contribution in [0.3, 0.4) is 0 Å². The van der Waals surface area contributed by atoms with Crippen molar-refractivity contribution in [1.82, 2.24) is 0 Å². The first-order valence-corrected chi connectivity index (χ1v) is 15.4. The van der Waals surface area contributed by atoms with E-state index in [9.17, 15) is 14.4 Å². The Balaban J connectivity index is 1.22. The molecule has 0 heterocycles. The summed E-state index contributed by atoms with van der Waals surface area (Å²) in [6, 6.07) is 14.9. The number of hydrogen-bond acceptors (Lipinski definition) is 8. The van der Waals surface area contributed by atoms with Crippen molar-refractivity contribution >= 4 is 23.5 Å². The average Bonchev–Trinajstić information content (AvgIpc) is 3.07. The molecule has 0 spiro atoms. The molecular weight excluding hydrogens is 584 g/mol. The summed E-state index contributed by atoms with van der Waals surface area (Å²) in [5.74, 6) is 0.757. The van der Waals surface area contributed by atoms with Gasteiger partial charge in [-0.2, -0.15) is 0 Å². The summed E-state index contributed by atoms with van der Waals surface area (Å²) in [6.45, 7) is 9.67. The highest BCUT2D eigenvalue weighted by molar-refractivity contribution is 5.91. The van der Waals surface area contributed by atoms with E-state index >= 15 is 0 Å². The molecule has 0 unspecified atom stereocenters. The third kappa shape index (κ3) is 10.5. The Kier molecular flexibility index (Phi) is 12.8. The highest BCUT2D eigenvalue weighted by Crippen LogP contribution is 2.34.